The molecule has 1 unspecified atom stereocenters. The highest BCUT2D eigenvalue weighted by atomic mass is 35.5. The van der Waals surface area contributed by atoms with Gasteiger partial charge in [0.1, 0.15) is 6.10 Å². The lowest BCUT2D eigenvalue weighted by atomic mass is 10.1. The monoisotopic (exact) mass is 332 g/mol. The van der Waals surface area contributed by atoms with Gasteiger partial charge in [-0.2, -0.15) is 5.10 Å². The van der Waals surface area contributed by atoms with Crippen LogP contribution < -0.4 is 4.90 Å². The number of hydrogen-bond donors (Lipinski definition) is 0. The first kappa shape index (κ1) is 16.1. The fraction of sp³-hybridized carbons (Fsp3) is 0.471. The van der Waals surface area contributed by atoms with Crippen LogP contribution >= 0.6 is 11.6 Å². The summed E-state index contributed by atoms with van der Waals surface area (Å²) in [4.78, 5) is 6.83. The van der Waals surface area contributed by atoms with Crippen molar-refractivity contribution in [1.29, 1.82) is 0 Å². The van der Waals surface area contributed by atoms with Gasteiger partial charge in [0.25, 0.3) is 0 Å². The van der Waals surface area contributed by atoms with Crippen LogP contribution in [0.4, 0.5) is 5.95 Å². The van der Waals surface area contributed by atoms with Gasteiger partial charge in [-0.3, -0.25) is 0 Å². The molecule has 23 heavy (non-hydrogen) atoms. The van der Waals surface area contributed by atoms with E-state index in [1.54, 1.807) is 0 Å². The SMILES string of the molecule is CCc1nnc(N2CCOC(c3ccccc3Cl)C2)nc1CC. The molecule has 2 aromatic rings. The second kappa shape index (κ2) is 7.23. The number of benzene rings is 1. The number of aryl methyl sites for hydroxylation is 2. The molecule has 6 heteroatoms. The number of rotatable bonds is 4. The summed E-state index contributed by atoms with van der Waals surface area (Å²) in [7, 11) is 0. The minimum absolute atomic E-state index is 0.0722. The predicted molar refractivity (Wildman–Crippen MR) is 90.9 cm³/mol. The van der Waals surface area contributed by atoms with E-state index in [-0.39, 0.29) is 6.10 Å². The fourth-order valence-corrected chi connectivity index (χ4v) is 3.07. The summed E-state index contributed by atoms with van der Waals surface area (Å²) < 4.78 is 5.90. The van der Waals surface area contributed by atoms with Crippen LogP contribution in [0.25, 0.3) is 0 Å². The predicted octanol–water partition coefficient (Wildman–Crippen LogP) is 3.23. The second-order valence-electron chi connectivity index (χ2n) is 5.54. The van der Waals surface area contributed by atoms with E-state index in [1.807, 2.05) is 24.3 Å². The summed E-state index contributed by atoms with van der Waals surface area (Å²) in [6.45, 7) is 6.24. The van der Waals surface area contributed by atoms with E-state index in [4.69, 9.17) is 21.3 Å². The van der Waals surface area contributed by atoms with Crippen molar-refractivity contribution in [1.82, 2.24) is 15.2 Å². The normalized spacial score (nSPS) is 18.2. The van der Waals surface area contributed by atoms with Gasteiger partial charge < -0.3 is 9.64 Å². The van der Waals surface area contributed by atoms with Crippen LogP contribution in [0.2, 0.25) is 5.02 Å². The van der Waals surface area contributed by atoms with Crippen LogP contribution in [0.1, 0.15) is 36.9 Å². The number of hydrogen-bond acceptors (Lipinski definition) is 5. The topological polar surface area (TPSA) is 51.1 Å². The average molecular weight is 333 g/mol. The van der Waals surface area contributed by atoms with Gasteiger partial charge in [0, 0.05) is 17.1 Å². The van der Waals surface area contributed by atoms with Crippen LogP contribution in [0.3, 0.4) is 0 Å². The van der Waals surface area contributed by atoms with E-state index in [9.17, 15) is 0 Å². The molecule has 1 aliphatic rings. The Morgan fingerprint density at radius 1 is 1.17 bits per heavy atom. The van der Waals surface area contributed by atoms with Crippen molar-refractivity contribution in [3.05, 3.63) is 46.2 Å². The van der Waals surface area contributed by atoms with Gasteiger partial charge in [-0.25, -0.2) is 4.98 Å². The van der Waals surface area contributed by atoms with Crippen molar-refractivity contribution >= 4 is 17.5 Å². The molecule has 0 saturated carbocycles. The van der Waals surface area contributed by atoms with Crippen molar-refractivity contribution in [2.45, 2.75) is 32.8 Å². The summed E-state index contributed by atoms with van der Waals surface area (Å²) in [6, 6.07) is 7.80. The number of nitrogens with zero attached hydrogens (tertiary/aromatic N) is 4. The highest BCUT2D eigenvalue weighted by Crippen LogP contribution is 2.29. The van der Waals surface area contributed by atoms with E-state index in [1.165, 1.54) is 0 Å². The van der Waals surface area contributed by atoms with Gasteiger partial charge in [-0.1, -0.05) is 43.6 Å². The lowest BCUT2D eigenvalue weighted by Crippen LogP contribution is -2.39. The summed E-state index contributed by atoms with van der Waals surface area (Å²) in [5.41, 5.74) is 3.01. The standard InChI is InChI=1S/C17H21ClN4O/c1-3-14-15(4-2)20-21-17(19-14)22-9-10-23-16(11-22)12-7-5-6-8-13(12)18/h5-8,16H,3-4,9-11H2,1-2H3. The third kappa shape index (κ3) is 3.46. The molecule has 1 aliphatic heterocycles. The number of morpholine rings is 1. The molecule has 0 aliphatic carbocycles. The molecule has 1 aromatic carbocycles. The van der Waals surface area contributed by atoms with Crippen LogP contribution in [0, 0.1) is 0 Å². The first-order valence-electron chi connectivity index (χ1n) is 8.06. The van der Waals surface area contributed by atoms with E-state index < -0.39 is 0 Å². The molecule has 1 fully saturated rings. The quantitative estimate of drug-likeness (QED) is 0.860. The van der Waals surface area contributed by atoms with Crippen molar-refractivity contribution in [3.8, 4) is 0 Å². The van der Waals surface area contributed by atoms with Gasteiger partial charge in [0.05, 0.1) is 24.5 Å². The molecule has 0 radical (unpaired) electrons. The number of halogens is 1. The van der Waals surface area contributed by atoms with Crippen molar-refractivity contribution in [2.24, 2.45) is 0 Å². The highest BCUT2D eigenvalue weighted by Gasteiger charge is 2.25. The van der Waals surface area contributed by atoms with E-state index in [0.29, 0.717) is 19.1 Å². The molecular formula is C17H21ClN4O. The fourth-order valence-electron chi connectivity index (χ4n) is 2.82. The summed E-state index contributed by atoms with van der Waals surface area (Å²) in [5.74, 6) is 0.680. The molecule has 122 valence electrons. The lowest BCUT2D eigenvalue weighted by Gasteiger charge is -2.33. The molecule has 3 rings (SSSR count). The van der Waals surface area contributed by atoms with E-state index >= 15 is 0 Å². The molecule has 5 nitrogen and oxygen atoms in total. The molecule has 0 amide bonds. The Morgan fingerprint density at radius 3 is 2.70 bits per heavy atom. The Balaban J connectivity index is 1.83. The molecule has 0 N–H and O–H groups in total. The van der Waals surface area contributed by atoms with Gasteiger partial charge in [-0.15, -0.1) is 5.10 Å². The smallest absolute Gasteiger partial charge is 0.245 e. The molecule has 1 saturated heterocycles. The zero-order valence-corrected chi connectivity index (χ0v) is 14.3. The van der Waals surface area contributed by atoms with E-state index in [0.717, 1.165) is 41.4 Å². The van der Waals surface area contributed by atoms with Gasteiger partial charge in [-0.05, 0) is 18.9 Å². The third-order valence-corrected chi connectivity index (χ3v) is 4.44. The summed E-state index contributed by atoms with van der Waals surface area (Å²) in [5, 5.41) is 9.38. The van der Waals surface area contributed by atoms with Crippen molar-refractivity contribution < 1.29 is 4.74 Å². The van der Waals surface area contributed by atoms with Crippen LogP contribution in [0.15, 0.2) is 24.3 Å². The zero-order chi connectivity index (χ0) is 16.2. The van der Waals surface area contributed by atoms with Crippen molar-refractivity contribution in [2.75, 3.05) is 24.6 Å². The summed E-state index contributed by atoms with van der Waals surface area (Å²) >= 11 is 6.30. The average Bonchev–Trinajstić information content (AvgIpc) is 2.61. The van der Waals surface area contributed by atoms with Crippen LogP contribution in [-0.2, 0) is 17.6 Å². The first-order valence-corrected chi connectivity index (χ1v) is 8.44. The molecule has 2 heterocycles. The highest BCUT2D eigenvalue weighted by molar-refractivity contribution is 6.31. The van der Waals surface area contributed by atoms with Gasteiger partial charge in [0.2, 0.25) is 5.95 Å². The number of anilines is 1. The third-order valence-electron chi connectivity index (χ3n) is 4.10. The first-order chi connectivity index (χ1) is 11.2. The second-order valence-corrected chi connectivity index (χ2v) is 5.95. The Hall–Kier alpha value is -1.72. The molecular weight excluding hydrogens is 312 g/mol. The maximum absolute atomic E-state index is 6.30. The Morgan fingerprint density at radius 2 is 1.96 bits per heavy atom. The maximum atomic E-state index is 6.30. The van der Waals surface area contributed by atoms with Crippen LogP contribution in [-0.4, -0.2) is 34.9 Å². The Kier molecular flexibility index (Phi) is 5.08. The van der Waals surface area contributed by atoms with Gasteiger partial charge >= 0.3 is 0 Å². The van der Waals surface area contributed by atoms with Gasteiger partial charge in [0.15, 0.2) is 0 Å². The molecule has 0 bridgehead atoms. The van der Waals surface area contributed by atoms with Crippen molar-refractivity contribution in [3.63, 3.8) is 0 Å². The number of ether oxygens (including phenoxy) is 1. The zero-order valence-electron chi connectivity index (χ0n) is 13.5. The number of aromatic nitrogens is 3. The molecule has 1 aromatic heterocycles. The lowest BCUT2D eigenvalue weighted by molar-refractivity contribution is 0.0392. The molecule has 0 spiro atoms. The Labute approximate surface area is 141 Å². The minimum atomic E-state index is -0.0722. The molecule has 1 atom stereocenters. The van der Waals surface area contributed by atoms with E-state index in [2.05, 4.69) is 28.9 Å². The van der Waals surface area contributed by atoms with Crippen LogP contribution in [0.5, 0.6) is 0 Å². The Bertz CT molecular complexity index is 679. The summed E-state index contributed by atoms with van der Waals surface area (Å²) in [6.07, 6.45) is 1.65. The minimum Gasteiger partial charge on any atom is -0.370 e. The largest absolute Gasteiger partial charge is 0.370 e. The maximum Gasteiger partial charge on any atom is 0.245 e.